The topological polar surface area (TPSA) is 40.5 Å². The second-order valence-electron chi connectivity index (χ2n) is 7.00. The first-order chi connectivity index (χ1) is 13.7. The van der Waals surface area contributed by atoms with Crippen LogP contribution in [-0.4, -0.2) is 34.8 Å². The lowest BCUT2D eigenvalue weighted by Crippen LogP contribution is -2.46. The number of thioether (sulfide) groups is 1. The number of piperidine rings is 1. The lowest BCUT2D eigenvalue weighted by molar-refractivity contribution is -0.145. The lowest BCUT2D eigenvalue weighted by Gasteiger charge is -2.40. The fourth-order valence-electron chi connectivity index (χ4n) is 3.82. The molecule has 1 aliphatic heterocycles. The van der Waals surface area contributed by atoms with Gasteiger partial charge in [-0.1, -0.05) is 36.2 Å². The molecule has 2 atom stereocenters. The molecular weight excluding hydrogens is 423 g/mol. The third kappa shape index (κ3) is 4.90. The van der Waals surface area contributed by atoms with E-state index in [9.17, 15) is 23.1 Å². The molecule has 2 aromatic carbocycles. The molecule has 1 fully saturated rings. The summed E-state index contributed by atoms with van der Waals surface area (Å²) in [5.74, 6) is -0.958. The Morgan fingerprint density at radius 3 is 2.41 bits per heavy atom. The van der Waals surface area contributed by atoms with E-state index >= 15 is 0 Å². The number of likely N-dealkylation sites (tertiary alicyclic amines) is 1. The fourth-order valence-corrected chi connectivity index (χ4v) is 4.45. The monoisotopic (exact) mass is 443 g/mol. The zero-order chi connectivity index (χ0) is 21.2. The molecule has 1 aliphatic rings. The second kappa shape index (κ2) is 8.98. The van der Waals surface area contributed by atoms with E-state index in [-0.39, 0.29) is 5.02 Å². The van der Waals surface area contributed by atoms with Crippen molar-refractivity contribution in [2.75, 3.05) is 12.8 Å². The van der Waals surface area contributed by atoms with Gasteiger partial charge >= 0.3 is 12.1 Å². The number of alkyl halides is 3. The van der Waals surface area contributed by atoms with Gasteiger partial charge < -0.3 is 5.11 Å². The molecule has 0 saturated carbocycles. The van der Waals surface area contributed by atoms with Crippen LogP contribution in [0.3, 0.4) is 0 Å². The summed E-state index contributed by atoms with van der Waals surface area (Å²) in [5, 5.41) is 9.35. The van der Waals surface area contributed by atoms with Crippen molar-refractivity contribution in [2.45, 2.75) is 42.4 Å². The molecule has 0 aliphatic carbocycles. The summed E-state index contributed by atoms with van der Waals surface area (Å²) in [4.78, 5) is 14.7. The molecule has 0 amide bonds. The molecular formula is C21H21ClF3NO2S. The minimum absolute atomic E-state index is 0.369. The molecule has 1 N–H and O–H groups in total. The van der Waals surface area contributed by atoms with E-state index in [1.54, 1.807) is 22.7 Å². The Hall–Kier alpha value is -1.70. The maximum atomic E-state index is 13.4. The number of nitrogens with zero attached hydrogens (tertiary/aromatic N) is 1. The van der Waals surface area contributed by atoms with E-state index in [2.05, 4.69) is 0 Å². The summed E-state index contributed by atoms with van der Waals surface area (Å²) < 4.78 is 40.3. The molecule has 2 unspecified atom stereocenters. The van der Waals surface area contributed by atoms with E-state index in [1.807, 2.05) is 30.5 Å². The Labute approximate surface area is 176 Å². The number of aliphatic carboxylic acids is 1. The molecule has 0 radical (unpaired) electrons. The molecule has 3 rings (SSSR count). The fraction of sp³-hybridized carbons (Fsp3) is 0.381. The van der Waals surface area contributed by atoms with Crippen LogP contribution in [0.5, 0.6) is 0 Å². The van der Waals surface area contributed by atoms with E-state index in [4.69, 9.17) is 11.6 Å². The summed E-state index contributed by atoms with van der Waals surface area (Å²) in [6.07, 6.45) is -0.613. The van der Waals surface area contributed by atoms with Crippen LogP contribution < -0.4 is 0 Å². The van der Waals surface area contributed by atoms with Crippen LogP contribution >= 0.6 is 23.4 Å². The highest BCUT2D eigenvalue weighted by molar-refractivity contribution is 7.98. The number of halogens is 4. The highest BCUT2D eigenvalue weighted by atomic mass is 35.5. The van der Waals surface area contributed by atoms with Crippen molar-refractivity contribution in [3.05, 3.63) is 64.2 Å². The van der Waals surface area contributed by atoms with Crippen molar-refractivity contribution in [1.82, 2.24) is 4.90 Å². The van der Waals surface area contributed by atoms with Gasteiger partial charge in [0.05, 0.1) is 16.6 Å². The van der Waals surface area contributed by atoms with Crippen LogP contribution in [-0.2, 0) is 11.0 Å². The van der Waals surface area contributed by atoms with Crippen LogP contribution in [0.25, 0.3) is 0 Å². The Balaban J connectivity index is 2.13. The molecule has 156 valence electrons. The van der Waals surface area contributed by atoms with Crippen LogP contribution in [0, 0.1) is 0 Å². The van der Waals surface area contributed by atoms with Crippen molar-refractivity contribution in [3.8, 4) is 0 Å². The predicted molar refractivity (Wildman–Crippen MR) is 109 cm³/mol. The van der Waals surface area contributed by atoms with Crippen molar-refractivity contribution in [2.24, 2.45) is 0 Å². The number of hydrogen-bond donors (Lipinski definition) is 1. The number of carboxylic acid groups (broad SMARTS) is 1. The average Bonchev–Trinajstić information content (AvgIpc) is 2.69. The summed E-state index contributed by atoms with van der Waals surface area (Å²) >= 11 is 7.37. The van der Waals surface area contributed by atoms with E-state index < -0.39 is 29.8 Å². The highest BCUT2D eigenvalue weighted by Gasteiger charge is 2.38. The summed E-state index contributed by atoms with van der Waals surface area (Å²) in [6, 6.07) is 9.98. The summed E-state index contributed by atoms with van der Waals surface area (Å²) in [7, 11) is 0. The Kier molecular flexibility index (Phi) is 6.81. The molecule has 3 nitrogen and oxygen atoms in total. The lowest BCUT2D eigenvalue weighted by atomic mass is 9.91. The molecule has 0 bridgehead atoms. The highest BCUT2D eigenvalue weighted by Crippen LogP contribution is 2.40. The van der Waals surface area contributed by atoms with Gasteiger partial charge in [0.25, 0.3) is 0 Å². The molecule has 29 heavy (non-hydrogen) atoms. The second-order valence-corrected chi connectivity index (χ2v) is 8.29. The maximum Gasteiger partial charge on any atom is 0.417 e. The molecule has 1 saturated heterocycles. The van der Waals surface area contributed by atoms with Crippen molar-refractivity contribution >= 4 is 29.3 Å². The van der Waals surface area contributed by atoms with Crippen LogP contribution in [0.2, 0.25) is 5.02 Å². The van der Waals surface area contributed by atoms with Crippen molar-refractivity contribution < 1.29 is 23.1 Å². The van der Waals surface area contributed by atoms with E-state index in [0.717, 1.165) is 29.4 Å². The molecule has 8 heteroatoms. The van der Waals surface area contributed by atoms with Gasteiger partial charge in [-0.15, -0.1) is 11.8 Å². The zero-order valence-corrected chi connectivity index (χ0v) is 17.3. The first-order valence-electron chi connectivity index (χ1n) is 9.21. The SMILES string of the molecule is CSc1ccc(C(c2ccc(Cl)c(C(F)(F)F)c2)N2CCCCC2C(=O)O)cc1. The summed E-state index contributed by atoms with van der Waals surface area (Å²) in [6.45, 7) is 0.496. The Morgan fingerprint density at radius 1 is 1.17 bits per heavy atom. The van der Waals surface area contributed by atoms with Gasteiger partial charge in [-0.3, -0.25) is 9.69 Å². The third-order valence-corrected chi connectivity index (χ3v) is 6.28. The Morgan fingerprint density at radius 2 is 1.83 bits per heavy atom. The van der Waals surface area contributed by atoms with Crippen molar-refractivity contribution in [1.29, 1.82) is 0 Å². The van der Waals surface area contributed by atoms with Crippen LogP contribution in [0.1, 0.15) is 42.0 Å². The minimum atomic E-state index is -4.59. The Bertz CT molecular complexity index is 873. The van der Waals surface area contributed by atoms with Crippen LogP contribution in [0.4, 0.5) is 13.2 Å². The number of hydrogen-bond acceptors (Lipinski definition) is 3. The quantitative estimate of drug-likeness (QED) is 0.566. The smallest absolute Gasteiger partial charge is 0.417 e. The van der Waals surface area contributed by atoms with Gasteiger partial charge in [0.2, 0.25) is 0 Å². The standard InChI is InChI=1S/C21H21ClF3NO2S/c1-29-15-8-5-13(6-9-15)19(26-11-3-2-4-18(26)20(27)28)14-7-10-17(22)16(12-14)21(23,24)25/h5-10,12,18-19H,2-4,11H2,1H3,(H,27,28). The van der Waals surface area contributed by atoms with Gasteiger partial charge in [0.1, 0.15) is 6.04 Å². The molecule has 0 spiro atoms. The molecule has 0 aromatic heterocycles. The number of carboxylic acids is 1. The first-order valence-corrected chi connectivity index (χ1v) is 10.8. The van der Waals surface area contributed by atoms with Gasteiger partial charge in [-0.2, -0.15) is 13.2 Å². The van der Waals surface area contributed by atoms with Gasteiger partial charge in [-0.05, 0) is 61.0 Å². The predicted octanol–water partition coefficient (Wildman–Crippen LogP) is 6.11. The van der Waals surface area contributed by atoms with Gasteiger partial charge in [0.15, 0.2) is 0 Å². The normalized spacial score (nSPS) is 19.1. The first kappa shape index (κ1) is 22.0. The average molecular weight is 444 g/mol. The number of rotatable bonds is 5. The number of carbonyl (C=O) groups is 1. The van der Waals surface area contributed by atoms with Gasteiger partial charge in [-0.25, -0.2) is 0 Å². The maximum absolute atomic E-state index is 13.4. The molecule has 2 aromatic rings. The van der Waals surface area contributed by atoms with E-state index in [0.29, 0.717) is 18.5 Å². The van der Waals surface area contributed by atoms with Crippen LogP contribution in [0.15, 0.2) is 47.4 Å². The largest absolute Gasteiger partial charge is 0.480 e. The molecule has 1 heterocycles. The van der Waals surface area contributed by atoms with Gasteiger partial charge in [0, 0.05) is 4.90 Å². The minimum Gasteiger partial charge on any atom is -0.480 e. The van der Waals surface area contributed by atoms with E-state index in [1.165, 1.54) is 6.07 Å². The third-order valence-electron chi connectivity index (χ3n) is 5.20. The number of benzene rings is 2. The summed E-state index contributed by atoms with van der Waals surface area (Å²) in [5.41, 5.74) is 0.226. The zero-order valence-electron chi connectivity index (χ0n) is 15.7. The van der Waals surface area contributed by atoms with Crippen molar-refractivity contribution in [3.63, 3.8) is 0 Å².